The number of nitriles is 1. The Morgan fingerprint density at radius 1 is 1.57 bits per heavy atom. The summed E-state index contributed by atoms with van der Waals surface area (Å²) in [5.41, 5.74) is 1.75. The highest BCUT2D eigenvalue weighted by molar-refractivity contribution is 5.32. The van der Waals surface area contributed by atoms with Crippen LogP contribution in [0, 0.1) is 23.7 Å². The van der Waals surface area contributed by atoms with Crippen molar-refractivity contribution in [2.24, 2.45) is 0 Å². The second kappa shape index (κ2) is 5.07. The van der Waals surface area contributed by atoms with Gasteiger partial charge in [-0.05, 0) is 24.6 Å². The summed E-state index contributed by atoms with van der Waals surface area (Å²) in [7, 11) is 0. The Bertz CT molecular complexity index is 382. The molecule has 0 radical (unpaired) electrons. The molecule has 0 aliphatic heterocycles. The van der Waals surface area contributed by atoms with Gasteiger partial charge in [0.2, 0.25) is 0 Å². The van der Waals surface area contributed by atoms with Crippen LogP contribution in [0.25, 0.3) is 0 Å². The second-order valence-electron chi connectivity index (χ2n) is 3.08. The molecule has 0 saturated heterocycles. The summed E-state index contributed by atoms with van der Waals surface area (Å²) in [4.78, 5) is 0. The SMILES string of the molecule is C#CC(C)NCc1cccc(C#N)c1. The lowest BCUT2D eigenvalue weighted by atomic mass is 10.1. The van der Waals surface area contributed by atoms with Gasteiger partial charge >= 0.3 is 0 Å². The molecule has 2 nitrogen and oxygen atoms in total. The molecule has 0 saturated carbocycles. The third-order valence-corrected chi connectivity index (χ3v) is 1.92. The maximum absolute atomic E-state index is 8.68. The molecule has 1 atom stereocenters. The van der Waals surface area contributed by atoms with Crippen molar-refractivity contribution in [2.45, 2.75) is 19.5 Å². The summed E-state index contributed by atoms with van der Waals surface area (Å²) in [5.74, 6) is 2.59. The molecular weight excluding hydrogens is 172 g/mol. The van der Waals surface area contributed by atoms with Gasteiger partial charge in [-0.1, -0.05) is 18.1 Å². The minimum Gasteiger partial charge on any atom is -0.300 e. The van der Waals surface area contributed by atoms with Crippen LogP contribution in [0.2, 0.25) is 0 Å². The Morgan fingerprint density at radius 3 is 3.00 bits per heavy atom. The van der Waals surface area contributed by atoms with Crippen molar-refractivity contribution in [3.63, 3.8) is 0 Å². The van der Waals surface area contributed by atoms with Gasteiger partial charge in [0.25, 0.3) is 0 Å². The predicted molar refractivity (Wildman–Crippen MR) is 56.3 cm³/mol. The molecule has 1 N–H and O–H groups in total. The van der Waals surface area contributed by atoms with Crippen LogP contribution in [0.5, 0.6) is 0 Å². The maximum Gasteiger partial charge on any atom is 0.0991 e. The fourth-order valence-electron chi connectivity index (χ4n) is 1.08. The first-order valence-electron chi connectivity index (χ1n) is 4.45. The van der Waals surface area contributed by atoms with Gasteiger partial charge < -0.3 is 0 Å². The summed E-state index contributed by atoms with van der Waals surface area (Å²) < 4.78 is 0. The topological polar surface area (TPSA) is 35.8 Å². The zero-order valence-corrected chi connectivity index (χ0v) is 8.12. The molecular formula is C12H12N2. The minimum atomic E-state index is 0.0562. The van der Waals surface area contributed by atoms with E-state index in [0.29, 0.717) is 12.1 Å². The monoisotopic (exact) mass is 184 g/mol. The van der Waals surface area contributed by atoms with Crippen molar-refractivity contribution in [2.75, 3.05) is 0 Å². The van der Waals surface area contributed by atoms with Crippen LogP contribution in [-0.4, -0.2) is 6.04 Å². The molecule has 0 aromatic heterocycles. The minimum absolute atomic E-state index is 0.0562. The lowest BCUT2D eigenvalue weighted by Gasteiger charge is -2.07. The highest BCUT2D eigenvalue weighted by Crippen LogP contribution is 2.03. The predicted octanol–water partition coefficient (Wildman–Crippen LogP) is 1.67. The van der Waals surface area contributed by atoms with Crippen molar-refractivity contribution in [3.05, 3.63) is 35.4 Å². The molecule has 0 heterocycles. The summed E-state index contributed by atoms with van der Waals surface area (Å²) >= 11 is 0. The van der Waals surface area contributed by atoms with Crippen molar-refractivity contribution in [1.82, 2.24) is 5.32 Å². The average molecular weight is 184 g/mol. The summed E-state index contributed by atoms with van der Waals surface area (Å²) in [6.45, 7) is 2.62. The van der Waals surface area contributed by atoms with Gasteiger partial charge in [-0.15, -0.1) is 6.42 Å². The number of benzene rings is 1. The van der Waals surface area contributed by atoms with Crippen LogP contribution in [0.3, 0.4) is 0 Å². The Morgan fingerprint density at radius 2 is 2.36 bits per heavy atom. The van der Waals surface area contributed by atoms with E-state index in [2.05, 4.69) is 17.3 Å². The maximum atomic E-state index is 8.68. The van der Waals surface area contributed by atoms with E-state index in [0.717, 1.165) is 5.56 Å². The van der Waals surface area contributed by atoms with Crippen LogP contribution >= 0.6 is 0 Å². The first-order valence-corrected chi connectivity index (χ1v) is 4.45. The molecule has 2 heteroatoms. The molecule has 1 rings (SSSR count). The van der Waals surface area contributed by atoms with E-state index in [9.17, 15) is 0 Å². The molecule has 1 unspecified atom stereocenters. The summed E-state index contributed by atoms with van der Waals surface area (Å²) in [6, 6.07) is 9.64. The Labute approximate surface area is 84.6 Å². The molecule has 1 aromatic carbocycles. The highest BCUT2D eigenvalue weighted by atomic mass is 14.9. The van der Waals surface area contributed by atoms with Crippen molar-refractivity contribution in [3.8, 4) is 18.4 Å². The second-order valence-corrected chi connectivity index (χ2v) is 3.08. The number of hydrogen-bond acceptors (Lipinski definition) is 2. The quantitative estimate of drug-likeness (QED) is 0.725. The van der Waals surface area contributed by atoms with Crippen LogP contribution in [0.15, 0.2) is 24.3 Å². The van der Waals surface area contributed by atoms with E-state index in [1.54, 1.807) is 6.07 Å². The van der Waals surface area contributed by atoms with E-state index in [1.165, 1.54) is 0 Å². The van der Waals surface area contributed by atoms with E-state index in [-0.39, 0.29) is 6.04 Å². The third kappa shape index (κ3) is 2.94. The van der Waals surface area contributed by atoms with Gasteiger partial charge in [0.1, 0.15) is 0 Å². The fraction of sp³-hybridized carbons (Fsp3) is 0.250. The largest absolute Gasteiger partial charge is 0.300 e. The van der Waals surface area contributed by atoms with Crippen molar-refractivity contribution in [1.29, 1.82) is 5.26 Å². The van der Waals surface area contributed by atoms with E-state index >= 15 is 0 Å². The van der Waals surface area contributed by atoms with E-state index in [1.807, 2.05) is 25.1 Å². The third-order valence-electron chi connectivity index (χ3n) is 1.92. The molecule has 0 spiro atoms. The molecule has 14 heavy (non-hydrogen) atoms. The normalized spacial score (nSPS) is 11.4. The van der Waals surface area contributed by atoms with Crippen LogP contribution in [0.1, 0.15) is 18.1 Å². The average Bonchev–Trinajstić information content (AvgIpc) is 2.26. The summed E-state index contributed by atoms with van der Waals surface area (Å²) in [6.07, 6.45) is 5.23. The van der Waals surface area contributed by atoms with Gasteiger partial charge in [0.15, 0.2) is 0 Å². The smallest absolute Gasteiger partial charge is 0.0991 e. The lowest BCUT2D eigenvalue weighted by molar-refractivity contribution is 0.648. The molecule has 70 valence electrons. The van der Waals surface area contributed by atoms with Gasteiger partial charge in [-0.3, -0.25) is 5.32 Å². The Hall–Kier alpha value is -1.77. The van der Waals surface area contributed by atoms with Gasteiger partial charge in [0, 0.05) is 6.54 Å². The number of nitrogens with zero attached hydrogens (tertiary/aromatic N) is 1. The van der Waals surface area contributed by atoms with Gasteiger partial charge in [0.05, 0.1) is 17.7 Å². The molecule has 0 fully saturated rings. The fourth-order valence-corrected chi connectivity index (χ4v) is 1.08. The molecule has 0 amide bonds. The number of rotatable bonds is 3. The molecule has 0 aliphatic rings. The number of hydrogen-bond donors (Lipinski definition) is 1. The molecule has 0 bridgehead atoms. The van der Waals surface area contributed by atoms with Crippen molar-refractivity contribution < 1.29 is 0 Å². The molecule has 1 aromatic rings. The van der Waals surface area contributed by atoms with Crippen molar-refractivity contribution >= 4 is 0 Å². The Kier molecular flexibility index (Phi) is 3.73. The lowest BCUT2D eigenvalue weighted by Crippen LogP contribution is -2.23. The standard InChI is InChI=1S/C12H12N2/c1-3-10(2)14-9-12-6-4-5-11(7-12)8-13/h1,4-7,10,14H,9H2,2H3. The van der Waals surface area contributed by atoms with E-state index < -0.39 is 0 Å². The number of terminal acetylenes is 1. The zero-order valence-electron chi connectivity index (χ0n) is 8.12. The number of nitrogens with one attached hydrogen (secondary N) is 1. The van der Waals surface area contributed by atoms with Crippen LogP contribution in [-0.2, 0) is 6.54 Å². The van der Waals surface area contributed by atoms with Crippen LogP contribution in [0.4, 0.5) is 0 Å². The Balaban J connectivity index is 2.61. The first kappa shape index (κ1) is 10.3. The molecule has 0 aliphatic carbocycles. The zero-order chi connectivity index (χ0) is 10.4. The van der Waals surface area contributed by atoms with E-state index in [4.69, 9.17) is 11.7 Å². The highest BCUT2D eigenvalue weighted by Gasteiger charge is 1.97. The summed E-state index contributed by atoms with van der Waals surface area (Å²) in [5, 5.41) is 11.8. The first-order chi connectivity index (χ1) is 6.76. The van der Waals surface area contributed by atoms with Gasteiger partial charge in [-0.2, -0.15) is 5.26 Å². The van der Waals surface area contributed by atoms with Crippen LogP contribution < -0.4 is 5.32 Å². The van der Waals surface area contributed by atoms with Gasteiger partial charge in [-0.25, -0.2) is 0 Å².